The maximum atomic E-state index is 13.8. The summed E-state index contributed by atoms with van der Waals surface area (Å²) in [4.78, 5) is 118. The molecule has 30 N–H and O–H groups in total. The van der Waals surface area contributed by atoms with E-state index in [0.29, 0.717) is 38.5 Å². The fourth-order valence-corrected chi connectivity index (χ4v) is 15.2. The number of carbonyl (C=O) groups is 9. The van der Waals surface area contributed by atoms with Crippen LogP contribution in [0.15, 0.2) is 91.0 Å². The van der Waals surface area contributed by atoms with Crippen molar-refractivity contribution < 1.29 is 207 Å². The Balaban J connectivity index is 0.633. The minimum absolute atomic E-state index is 0.0658. The average Bonchev–Trinajstić information content (AvgIpc) is 0.790. The summed E-state index contributed by atoms with van der Waals surface area (Å²) in [7, 11) is 0. The van der Waals surface area contributed by atoms with E-state index in [4.69, 9.17) is 56.8 Å². The molecule has 4 aromatic rings. The number of carbonyl (C=O) groups excluding carboxylic acids is 9. The third kappa shape index (κ3) is 30.7. The lowest BCUT2D eigenvalue weighted by atomic mass is 9.97. The van der Waals surface area contributed by atoms with E-state index >= 15 is 0 Å². The molecule has 0 spiro atoms. The van der Waals surface area contributed by atoms with E-state index in [9.17, 15) is 150 Å². The summed E-state index contributed by atoms with van der Waals surface area (Å²) >= 11 is 0. The SMILES string of the molecule is O=C(CCC(=O)Nc1ccc(O[C@@H]2O[C@H](CO)[C@@H](O[C@@H]3O[C@H](CO)[C@H](O)[C@H](O)[C@H]3O)[C@H](O)[C@H]2O)cc1)NCCCCNC(=O)c1cc(C(=O)NCCCCNC(=O)CCC(=O)Nc2ccc(O[C@@H]3O[C@H](CO)[C@@H](O[C@@H]4O[C@H](CO)[C@H](O)[C@H](O)[C@H]4O)[C@H](O)[C@H]3O)cc2)cc(C(=O)NCCCCNC(=O)CCC(=O)Nc2ccc(O[C@@H]3O[C@H](CO)[C@@H](O[C@@H]4O[C@H](CO)[C@H](O)[C@H](O)[C@H]4O)[C@H](O)[C@H]3O)cc2)c1. The molecule has 30 atom stereocenters. The molecule has 0 unspecified atom stereocenters. The van der Waals surface area contributed by atoms with Gasteiger partial charge in [0.2, 0.25) is 54.3 Å². The molecule has 9 amide bonds. The van der Waals surface area contributed by atoms with Crippen LogP contribution in [-0.4, -0.2) is 424 Å². The van der Waals surface area contributed by atoms with Gasteiger partial charge in [-0.15, -0.1) is 0 Å². The highest BCUT2D eigenvalue weighted by molar-refractivity contribution is 6.04. The number of aliphatic hydroxyl groups excluding tert-OH is 21. The summed E-state index contributed by atoms with van der Waals surface area (Å²) < 4.78 is 66.9. The normalized spacial score (nSPS) is 31.4. The zero-order chi connectivity index (χ0) is 100. The first kappa shape index (κ1) is 110. The Morgan fingerprint density at radius 1 is 0.239 bits per heavy atom. The predicted molar refractivity (Wildman–Crippen MR) is 464 cm³/mol. The molecule has 4 aromatic carbocycles. The Labute approximate surface area is 787 Å². The minimum Gasteiger partial charge on any atom is -0.462 e. The van der Waals surface area contributed by atoms with Gasteiger partial charge in [0, 0.05) is 112 Å². The number of ether oxygens (including phenoxy) is 12. The lowest BCUT2D eigenvalue weighted by Crippen LogP contribution is -2.65. The van der Waals surface area contributed by atoms with Crippen molar-refractivity contribution in [1.82, 2.24) is 31.9 Å². The molecule has 6 aliphatic heterocycles. The van der Waals surface area contributed by atoms with E-state index < -0.39 is 277 Å². The Morgan fingerprint density at radius 2 is 0.442 bits per heavy atom. The van der Waals surface area contributed by atoms with Crippen molar-refractivity contribution in [2.45, 2.75) is 261 Å². The van der Waals surface area contributed by atoms with Crippen molar-refractivity contribution in [3.8, 4) is 17.2 Å². The van der Waals surface area contributed by atoms with Crippen molar-refractivity contribution in [2.24, 2.45) is 0 Å². The molecule has 0 bridgehead atoms. The number of hydrogen-bond acceptors (Lipinski definition) is 42. The van der Waals surface area contributed by atoms with Gasteiger partial charge in [-0.3, -0.25) is 43.2 Å². The summed E-state index contributed by atoms with van der Waals surface area (Å²) in [6, 6.07) is 20.8. The summed E-state index contributed by atoms with van der Waals surface area (Å²) in [5.74, 6) is -4.75. The molecule has 0 radical (unpaired) electrons. The van der Waals surface area contributed by atoms with Crippen LogP contribution in [-0.2, 0) is 71.4 Å². The topological polar surface area (TPSA) is 797 Å². The van der Waals surface area contributed by atoms with Crippen LogP contribution in [0.5, 0.6) is 17.2 Å². The number of amides is 9. The van der Waals surface area contributed by atoms with Crippen molar-refractivity contribution in [1.29, 1.82) is 0 Å². The quantitative estimate of drug-likeness (QED) is 0.0183. The van der Waals surface area contributed by atoms with E-state index in [0.717, 1.165) is 0 Å². The molecule has 10 rings (SSSR count). The highest BCUT2D eigenvalue weighted by atomic mass is 16.8. The van der Waals surface area contributed by atoms with E-state index in [2.05, 4.69) is 47.9 Å². The van der Waals surface area contributed by atoms with Gasteiger partial charge < -0.3 is 212 Å². The van der Waals surface area contributed by atoms with Crippen LogP contribution in [0.3, 0.4) is 0 Å². The second kappa shape index (κ2) is 53.8. The number of rotatable bonds is 48. The van der Waals surface area contributed by atoms with Crippen LogP contribution < -0.4 is 62.1 Å². The van der Waals surface area contributed by atoms with Crippen LogP contribution in [0.2, 0.25) is 0 Å². The van der Waals surface area contributed by atoms with Crippen LogP contribution in [0.25, 0.3) is 0 Å². The van der Waals surface area contributed by atoms with Gasteiger partial charge in [-0.2, -0.15) is 0 Å². The lowest BCUT2D eigenvalue weighted by molar-refractivity contribution is -0.352. The molecule has 6 fully saturated rings. The van der Waals surface area contributed by atoms with Gasteiger partial charge in [0.05, 0.1) is 39.6 Å². The third-order valence-corrected chi connectivity index (χ3v) is 23.1. The number of benzene rings is 4. The van der Waals surface area contributed by atoms with Crippen molar-refractivity contribution in [2.75, 3.05) is 94.9 Å². The van der Waals surface area contributed by atoms with Crippen LogP contribution in [0.1, 0.15) is 108 Å². The van der Waals surface area contributed by atoms with Gasteiger partial charge in [0.1, 0.15) is 164 Å². The maximum Gasteiger partial charge on any atom is 0.251 e. The fraction of sp³-hybridized carbons (Fsp3) is 0.621. The number of aliphatic hydroxyl groups is 21. The number of hydrogen-bond donors (Lipinski definition) is 30. The molecular weight excluding hydrogens is 1840 g/mol. The van der Waals surface area contributed by atoms with E-state index in [-0.39, 0.29) is 129 Å². The second-order valence-electron chi connectivity index (χ2n) is 33.3. The molecule has 6 heterocycles. The molecule has 51 heteroatoms. The van der Waals surface area contributed by atoms with Crippen LogP contribution >= 0.6 is 0 Å². The van der Waals surface area contributed by atoms with Crippen molar-refractivity contribution >= 4 is 70.2 Å². The molecule has 138 heavy (non-hydrogen) atoms. The van der Waals surface area contributed by atoms with Gasteiger partial charge in [-0.1, -0.05) is 0 Å². The monoisotopic (exact) mass is 1970 g/mol. The Bertz CT molecular complexity index is 4080. The van der Waals surface area contributed by atoms with Crippen LogP contribution in [0, 0.1) is 0 Å². The van der Waals surface area contributed by atoms with Gasteiger partial charge in [-0.05, 0) is 130 Å². The summed E-state index contributed by atoms with van der Waals surface area (Å²) in [5.41, 5.74) is 0.644. The molecule has 0 saturated carbocycles. The Morgan fingerprint density at radius 3 is 0.667 bits per heavy atom. The van der Waals surface area contributed by atoms with E-state index in [1.165, 1.54) is 91.0 Å². The largest absolute Gasteiger partial charge is 0.462 e. The summed E-state index contributed by atoms with van der Waals surface area (Å²) in [6.07, 6.45) is -49.3. The first-order valence-electron chi connectivity index (χ1n) is 44.8. The minimum atomic E-state index is -1.86. The Kier molecular flexibility index (Phi) is 43.0. The maximum absolute atomic E-state index is 13.8. The molecule has 0 aliphatic carbocycles. The van der Waals surface area contributed by atoms with Gasteiger partial charge in [0.15, 0.2) is 18.9 Å². The molecular formula is C87H123N9O42. The standard InChI is InChI=1S/C87H123N9O42/c97-34-49-61(109)64(112)70(118)85(130-49)136-76-52(37-100)133-82(73(121)67(76)115)127-46-13-7-43(8-14-46)94-58(106)22-19-55(103)88-25-1-4-28-91-79(124)40-31-41(80(125)92-29-5-2-26-89-56(104)20-23-59(107)95-44-9-15-47(16-10-44)128-83-74(122)68(116)77(53(38-101)134-83)137-86-71(119)65(113)62(110)50(35-98)131-86)33-42(32-40)81(126)93-30-6-3-27-90-57(105)21-24-60(108)96-45-11-17-48(18-12-45)129-84-75(123)69(117)78(54(39-102)135-84)138-87-72(120)66(114)63(111)51(36-99)132-87/h7-18,31-33,49-54,61-78,82-87,97-102,109-123H,1-6,19-30,34-39H2,(H,88,103)(H,89,104)(H,90,105)(H,91,124)(H,92,125)(H,93,126)(H,94,106)(H,95,107)(H,96,108)/t49-,50-,51-,52-,53-,54-,61+,62+,63+,64+,65+,66+,67-,68-,69-,70-,71-,72-,73-,74-,75-,76-,77-,78-,82-,83-,84-,85+,86+,87+/m1/s1. The average molecular weight is 1970 g/mol. The lowest BCUT2D eigenvalue weighted by Gasteiger charge is -2.45. The highest BCUT2D eigenvalue weighted by Gasteiger charge is 2.55. The smallest absolute Gasteiger partial charge is 0.251 e. The molecule has 0 aromatic heterocycles. The zero-order valence-electron chi connectivity index (χ0n) is 74.4. The van der Waals surface area contributed by atoms with Gasteiger partial charge in [-0.25, -0.2) is 0 Å². The summed E-state index contributed by atoms with van der Waals surface area (Å²) in [6.45, 7) is -4.04. The van der Waals surface area contributed by atoms with Crippen LogP contribution in [0.4, 0.5) is 17.1 Å². The van der Waals surface area contributed by atoms with E-state index in [1.54, 1.807) is 0 Å². The number of unbranched alkanes of at least 4 members (excludes halogenated alkanes) is 3. The first-order valence-corrected chi connectivity index (χ1v) is 44.8. The van der Waals surface area contributed by atoms with Crippen molar-refractivity contribution in [3.05, 3.63) is 108 Å². The third-order valence-electron chi connectivity index (χ3n) is 23.1. The Hall–Kier alpha value is -9.69. The predicted octanol–water partition coefficient (Wildman–Crippen LogP) is -10.2. The van der Waals surface area contributed by atoms with Gasteiger partial charge >= 0.3 is 0 Å². The number of anilines is 3. The zero-order valence-corrected chi connectivity index (χ0v) is 74.4. The highest BCUT2D eigenvalue weighted by Crippen LogP contribution is 2.36. The first-order chi connectivity index (χ1) is 66.0. The molecule has 6 saturated heterocycles. The fourth-order valence-electron chi connectivity index (χ4n) is 15.2. The molecule has 51 nitrogen and oxygen atoms in total. The second-order valence-corrected chi connectivity index (χ2v) is 33.3. The van der Waals surface area contributed by atoms with Gasteiger partial charge in [0.25, 0.3) is 17.7 Å². The molecule has 6 aliphatic rings. The van der Waals surface area contributed by atoms with E-state index in [1.807, 2.05) is 0 Å². The number of nitrogens with one attached hydrogen (secondary N) is 9. The van der Waals surface area contributed by atoms with Crippen molar-refractivity contribution in [3.63, 3.8) is 0 Å². The summed E-state index contributed by atoms with van der Waals surface area (Å²) in [5, 5.41) is 241. The molecule has 768 valence electrons.